The second kappa shape index (κ2) is 6.11. The van der Waals surface area contributed by atoms with E-state index in [1.54, 1.807) is 12.4 Å². The number of para-hydroxylation sites is 1. The highest BCUT2D eigenvalue weighted by molar-refractivity contribution is 5.39. The molecule has 2 heterocycles. The Morgan fingerprint density at radius 3 is 3.05 bits per heavy atom. The highest BCUT2D eigenvalue weighted by atomic mass is 16.5. The number of nitrogens with one attached hydrogen (secondary N) is 1. The molecule has 0 saturated heterocycles. The minimum Gasteiger partial charge on any atom is -0.492 e. The number of nitrogens with zero attached hydrogens (tertiary/aromatic N) is 1. The van der Waals surface area contributed by atoms with Gasteiger partial charge in [0.05, 0.1) is 18.8 Å². The molecule has 2 aromatic rings. The van der Waals surface area contributed by atoms with Crippen molar-refractivity contribution in [3.05, 3.63) is 53.9 Å². The Hall–Kier alpha value is -2.11. The van der Waals surface area contributed by atoms with Crippen LogP contribution < -0.4 is 20.7 Å². The van der Waals surface area contributed by atoms with Gasteiger partial charge in [-0.3, -0.25) is 10.8 Å². The molecule has 0 amide bonds. The Bertz CT molecular complexity index is 593. The van der Waals surface area contributed by atoms with Crippen molar-refractivity contribution in [2.45, 2.75) is 25.5 Å². The molecule has 21 heavy (non-hydrogen) atoms. The van der Waals surface area contributed by atoms with Gasteiger partial charge in [0.1, 0.15) is 17.6 Å². The topological polar surface area (TPSA) is 69.4 Å². The summed E-state index contributed by atoms with van der Waals surface area (Å²) >= 11 is 0. The van der Waals surface area contributed by atoms with Crippen LogP contribution in [0.15, 0.2) is 42.7 Å². The van der Waals surface area contributed by atoms with Gasteiger partial charge in [0.25, 0.3) is 0 Å². The van der Waals surface area contributed by atoms with E-state index in [1.807, 2.05) is 31.2 Å². The van der Waals surface area contributed by atoms with Crippen molar-refractivity contribution in [1.82, 2.24) is 10.4 Å². The highest BCUT2D eigenvalue weighted by Crippen LogP contribution is 2.34. The standard InChI is InChI=1S/C16H19N3O2/c1-2-20-13-7-12(9-18-10-13)16(19-17)15-8-11-5-3-4-6-14(11)21-15/h3-7,9-10,15-16,19H,2,8,17H2,1H3. The van der Waals surface area contributed by atoms with E-state index in [9.17, 15) is 0 Å². The summed E-state index contributed by atoms with van der Waals surface area (Å²) in [5.74, 6) is 7.41. The van der Waals surface area contributed by atoms with Crippen LogP contribution >= 0.6 is 0 Å². The van der Waals surface area contributed by atoms with Crippen LogP contribution in [-0.4, -0.2) is 17.7 Å². The Balaban J connectivity index is 1.82. The molecule has 1 aliphatic rings. The van der Waals surface area contributed by atoms with E-state index in [-0.39, 0.29) is 12.1 Å². The van der Waals surface area contributed by atoms with Gasteiger partial charge in [-0.1, -0.05) is 18.2 Å². The summed E-state index contributed by atoms with van der Waals surface area (Å²) in [5, 5.41) is 0. The molecule has 0 aliphatic carbocycles. The largest absolute Gasteiger partial charge is 0.492 e. The number of ether oxygens (including phenoxy) is 2. The van der Waals surface area contributed by atoms with Crippen molar-refractivity contribution in [2.24, 2.45) is 5.84 Å². The predicted molar refractivity (Wildman–Crippen MR) is 80.0 cm³/mol. The maximum atomic E-state index is 6.00. The molecule has 1 aromatic heterocycles. The number of fused-ring (bicyclic) bond motifs is 1. The highest BCUT2D eigenvalue weighted by Gasteiger charge is 2.31. The van der Waals surface area contributed by atoms with Crippen LogP contribution in [0.1, 0.15) is 24.1 Å². The Labute approximate surface area is 124 Å². The fraction of sp³-hybridized carbons (Fsp3) is 0.312. The summed E-state index contributed by atoms with van der Waals surface area (Å²) in [6.45, 7) is 2.55. The molecule has 5 heteroatoms. The second-order valence-electron chi connectivity index (χ2n) is 5.00. The van der Waals surface area contributed by atoms with Gasteiger partial charge in [-0.15, -0.1) is 0 Å². The summed E-state index contributed by atoms with van der Waals surface area (Å²) in [5.41, 5.74) is 5.01. The average Bonchev–Trinajstić information content (AvgIpc) is 2.92. The lowest BCUT2D eigenvalue weighted by atomic mass is 9.99. The third-order valence-corrected chi connectivity index (χ3v) is 3.63. The van der Waals surface area contributed by atoms with Crippen LogP contribution in [0.3, 0.4) is 0 Å². The average molecular weight is 285 g/mol. The monoisotopic (exact) mass is 285 g/mol. The van der Waals surface area contributed by atoms with Crippen LogP contribution in [0.5, 0.6) is 11.5 Å². The Morgan fingerprint density at radius 1 is 1.43 bits per heavy atom. The van der Waals surface area contributed by atoms with E-state index in [2.05, 4.69) is 16.5 Å². The van der Waals surface area contributed by atoms with Crippen LogP contribution in [0, 0.1) is 0 Å². The number of rotatable bonds is 5. The zero-order chi connectivity index (χ0) is 14.7. The number of aromatic nitrogens is 1. The molecular weight excluding hydrogens is 266 g/mol. The van der Waals surface area contributed by atoms with Gasteiger partial charge in [-0.25, -0.2) is 5.43 Å². The van der Waals surface area contributed by atoms with Crippen molar-refractivity contribution in [3.8, 4) is 11.5 Å². The zero-order valence-electron chi connectivity index (χ0n) is 12.0. The lowest BCUT2D eigenvalue weighted by molar-refractivity contribution is 0.178. The molecule has 0 saturated carbocycles. The molecule has 110 valence electrons. The van der Waals surface area contributed by atoms with Crippen molar-refractivity contribution in [1.29, 1.82) is 0 Å². The van der Waals surface area contributed by atoms with E-state index in [0.717, 1.165) is 23.5 Å². The molecule has 2 atom stereocenters. The molecule has 3 N–H and O–H groups in total. The number of benzene rings is 1. The minimum absolute atomic E-state index is 0.0499. The van der Waals surface area contributed by atoms with Gasteiger partial charge in [0.15, 0.2) is 0 Å². The van der Waals surface area contributed by atoms with Crippen LogP contribution in [0.2, 0.25) is 0 Å². The normalized spacial score (nSPS) is 17.9. The SMILES string of the molecule is CCOc1cncc(C(NN)C2Cc3ccccc3O2)c1. The number of pyridine rings is 1. The third-order valence-electron chi connectivity index (χ3n) is 3.63. The molecule has 5 nitrogen and oxygen atoms in total. The first kappa shape index (κ1) is 13.9. The van der Waals surface area contributed by atoms with E-state index >= 15 is 0 Å². The molecule has 0 bridgehead atoms. The fourth-order valence-corrected chi connectivity index (χ4v) is 2.66. The maximum Gasteiger partial charge on any atom is 0.137 e. The fourth-order valence-electron chi connectivity index (χ4n) is 2.66. The summed E-state index contributed by atoms with van der Waals surface area (Å²) in [4.78, 5) is 4.22. The molecule has 2 unspecified atom stereocenters. The zero-order valence-corrected chi connectivity index (χ0v) is 12.0. The van der Waals surface area contributed by atoms with Gasteiger partial charge >= 0.3 is 0 Å². The van der Waals surface area contributed by atoms with E-state index in [0.29, 0.717) is 6.61 Å². The first-order valence-electron chi connectivity index (χ1n) is 7.10. The van der Waals surface area contributed by atoms with E-state index in [4.69, 9.17) is 15.3 Å². The predicted octanol–water partition coefficient (Wildman–Crippen LogP) is 1.99. The molecule has 0 fully saturated rings. The molecule has 1 aliphatic heterocycles. The van der Waals surface area contributed by atoms with Crippen molar-refractivity contribution in [3.63, 3.8) is 0 Å². The van der Waals surface area contributed by atoms with Gasteiger partial charge in [0.2, 0.25) is 0 Å². The third kappa shape index (κ3) is 2.84. The van der Waals surface area contributed by atoms with E-state index in [1.165, 1.54) is 5.56 Å². The van der Waals surface area contributed by atoms with Gasteiger partial charge in [0, 0.05) is 12.6 Å². The lowest BCUT2D eigenvalue weighted by Crippen LogP contribution is -2.39. The summed E-state index contributed by atoms with van der Waals surface area (Å²) < 4.78 is 11.5. The molecule has 1 aromatic carbocycles. The van der Waals surface area contributed by atoms with Crippen molar-refractivity contribution < 1.29 is 9.47 Å². The molecule has 0 spiro atoms. The lowest BCUT2D eigenvalue weighted by Gasteiger charge is -2.23. The van der Waals surface area contributed by atoms with Gasteiger partial charge < -0.3 is 9.47 Å². The quantitative estimate of drug-likeness (QED) is 0.649. The van der Waals surface area contributed by atoms with E-state index < -0.39 is 0 Å². The van der Waals surface area contributed by atoms with Crippen LogP contribution in [0.25, 0.3) is 0 Å². The number of hydrogen-bond acceptors (Lipinski definition) is 5. The molecule has 0 radical (unpaired) electrons. The summed E-state index contributed by atoms with van der Waals surface area (Å²) in [7, 11) is 0. The number of hydrazine groups is 1. The summed E-state index contributed by atoms with van der Waals surface area (Å²) in [6, 6.07) is 9.88. The summed E-state index contributed by atoms with van der Waals surface area (Å²) in [6.07, 6.45) is 4.26. The second-order valence-corrected chi connectivity index (χ2v) is 5.00. The van der Waals surface area contributed by atoms with Crippen LogP contribution in [0.4, 0.5) is 0 Å². The van der Waals surface area contributed by atoms with Gasteiger partial charge in [-0.05, 0) is 30.2 Å². The first-order valence-corrected chi connectivity index (χ1v) is 7.10. The van der Waals surface area contributed by atoms with Crippen molar-refractivity contribution in [2.75, 3.05) is 6.61 Å². The number of nitrogens with two attached hydrogens (primary N) is 1. The van der Waals surface area contributed by atoms with Crippen LogP contribution in [-0.2, 0) is 6.42 Å². The Kier molecular flexibility index (Phi) is 4.03. The minimum atomic E-state index is -0.134. The molecular formula is C16H19N3O2. The maximum absolute atomic E-state index is 6.00. The number of hydrogen-bond donors (Lipinski definition) is 2. The first-order chi connectivity index (χ1) is 10.3. The van der Waals surface area contributed by atoms with Gasteiger partial charge in [-0.2, -0.15) is 0 Å². The smallest absolute Gasteiger partial charge is 0.137 e. The Morgan fingerprint density at radius 2 is 2.29 bits per heavy atom. The van der Waals surface area contributed by atoms with Crippen molar-refractivity contribution >= 4 is 0 Å². The molecule has 3 rings (SSSR count).